The van der Waals surface area contributed by atoms with Crippen LogP contribution in [0, 0.1) is 0 Å². The Labute approximate surface area is 299 Å². The number of ether oxygens (including phenoxy) is 2. The molecule has 49 heavy (non-hydrogen) atoms. The molecule has 2 rings (SSSR count). The van der Waals surface area contributed by atoms with Gasteiger partial charge in [0.25, 0.3) is 5.91 Å². The lowest BCUT2D eigenvalue weighted by molar-refractivity contribution is -0.126. The van der Waals surface area contributed by atoms with Crippen molar-refractivity contribution in [2.24, 2.45) is 5.73 Å². The van der Waals surface area contributed by atoms with Crippen molar-refractivity contribution >= 4 is 34.1 Å². The molecule has 0 fully saturated rings. The molecule has 0 aromatic heterocycles. The van der Waals surface area contributed by atoms with E-state index in [0.717, 1.165) is 57.4 Å². The Morgan fingerprint density at radius 2 is 1.59 bits per heavy atom. The van der Waals surface area contributed by atoms with Gasteiger partial charge in [0.1, 0.15) is 17.9 Å². The van der Waals surface area contributed by atoms with Crippen molar-refractivity contribution < 1.29 is 28.3 Å². The number of nitrogens with two attached hydrogens (primary N) is 1. The Balaban J connectivity index is 1.99. The second-order valence-electron chi connectivity index (χ2n) is 16.3. The molecule has 0 bridgehead atoms. The second-order valence-corrected chi connectivity index (χ2v) is 26.7. The first-order valence-electron chi connectivity index (χ1n) is 18.5. The number of benzene rings is 1. The van der Waals surface area contributed by atoms with Crippen LogP contribution in [0.1, 0.15) is 109 Å². The number of carbonyl (C=O) groups excluding carboxylic acids is 3. The van der Waals surface area contributed by atoms with Gasteiger partial charge >= 0.3 is 0 Å². The molecular weight excluding hydrogens is 651 g/mol. The van der Waals surface area contributed by atoms with E-state index in [4.69, 9.17) is 19.6 Å². The number of hydrogen-bond donors (Lipinski definition) is 2. The molecular formula is C38H67N3O6Si2. The highest BCUT2D eigenvalue weighted by Gasteiger charge is 2.40. The maximum atomic E-state index is 13.8. The van der Waals surface area contributed by atoms with E-state index >= 15 is 0 Å². The van der Waals surface area contributed by atoms with Gasteiger partial charge in [0, 0.05) is 26.9 Å². The molecule has 278 valence electrons. The average molecular weight is 718 g/mol. The summed E-state index contributed by atoms with van der Waals surface area (Å²) in [6, 6.07) is 7.57. The molecule has 9 nitrogen and oxygen atoms in total. The van der Waals surface area contributed by atoms with Crippen LogP contribution in [0.3, 0.4) is 0 Å². The number of nitrogens with zero attached hydrogens (tertiary/aromatic N) is 1. The molecule has 1 aliphatic rings. The molecule has 1 aromatic rings. The Bertz CT molecular complexity index is 1210. The fourth-order valence-electron chi connectivity index (χ4n) is 5.51. The van der Waals surface area contributed by atoms with E-state index in [-0.39, 0.29) is 29.7 Å². The number of para-hydroxylation sites is 1. The van der Waals surface area contributed by atoms with Crippen molar-refractivity contribution in [3.63, 3.8) is 0 Å². The minimum Gasteiger partial charge on any atom is -0.467 e. The maximum absolute atomic E-state index is 13.8. The SMILES string of the molecule is CCCCCCC(CCCCCC(O[Si](C)(C)C(C)(C)C)C(N)=O)NC(=O)[C@@H]1CC=CN1C(=O)c1ccccc1OCOCC[Si](C)(C)C. The zero-order valence-corrected chi connectivity index (χ0v) is 34.1. The zero-order valence-electron chi connectivity index (χ0n) is 32.1. The van der Waals surface area contributed by atoms with E-state index in [0.29, 0.717) is 30.8 Å². The lowest BCUT2D eigenvalue weighted by Gasteiger charge is -2.38. The third-order valence-corrected chi connectivity index (χ3v) is 15.9. The summed E-state index contributed by atoms with van der Waals surface area (Å²) in [6.45, 7) is 20.5. The van der Waals surface area contributed by atoms with Crippen LogP contribution in [0.15, 0.2) is 36.5 Å². The maximum Gasteiger partial charge on any atom is 0.262 e. The Hall–Kier alpha value is -2.48. The number of nitrogens with one attached hydrogen (secondary N) is 1. The predicted octanol–water partition coefficient (Wildman–Crippen LogP) is 8.39. The molecule has 3 amide bonds. The summed E-state index contributed by atoms with van der Waals surface area (Å²) in [7, 11) is -3.33. The van der Waals surface area contributed by atoms with Gasteiger partial charge in [0.2, 0.25) is 11.8 Å². The smallest absolute Gasteiger partial charge is 0.262 e. The number of unbranched alkanes of at least 4 members (excludes halogenated alkanes) is 5. The minimum absolute atomic E-state index is 0.00213. The summed E-state index contributed by atoms with van der Waals surface area (Å²) in [4.78, 5) is 41.2. The number of primary amides is 1. The van der Waals surface area contributed by atoms with Crippen molar-refractivity contribution in [3.05, 3.63) is 42.1 Å². The highest BCUT2D eigenvalue weighted by atomic mass is 28.4. The third kappa shape index (κ3) is 15.1. The van der Waals surface area contributed by atoms with Crippen LogP contribution in [-0.2, 0) is 18.8 Å². The predicted molar refractivity (Wildman–Crippen MR) is 205 cm³/mol. The molecule has 0 saturated heterocycles. The van der Waals surface area contributed by atoms with Gasteiger partial charge < -0.3 is 29.9 Å². The van der Waals surface area contributed by atoms with Crippen LogP contribution >= 0.6 is 0 Å². The van der Waals surface area contributed by atoms with E-state index < -0.39 is 34.4 Å². The summed E-state index contributed by atoms with van der Waals surface area (Å²) in [6.07, 6.45) is 13.0. The normalized spacial score (nSPS) is 16.4. The average Bonchev–Trinajstić information content (AvgIpc) is 3.51. The van der Waals surface area contributed by atoms with Gasteiger partial charge in [0.15, 0.2) is 15.1 Å². The van der Waals surface area contributed by atoms with Crippen LogP contribution in [0.5, 0.6) is 5.75 Å². The standard InChI is InChI=1S/C38H67N3O6Si2/c1-10-11-12-14-20-30(21-15-13-16-25-34(35(39)42)47-49(8,9)38(2,3)4)40-36(43)32-23-19-26-41(32)37(44)31-22-17-18-24-33(31)46-29-45-27-28-48(5,6)7/h17-19,22,24,26,30,32,34H,10-16,20-21,23,25,27-29H2,1-9H3,(H2,39,42)(H,40,43)/t30?,32-,34?/m0/s1. The number of carbonyl (C=O) groups is 3. The number of amides is 3. The molecule has 0 saturated carbocycles. The summed E-state index contributed by atoms with van der Waals surface area (Å²) in [5, 5.41) is 3.30. The van der Waals surface area contributed by atoms with Crippen LogP contribution in [0.2, 0.25) is 43.8 Å². The highest BCUT2D eigenvalue weighted by molar-refractivity contribution is 6.76. The highest BCUT2D eigenvalue weighted by Crippen LogP contribution is 2.38. The van der Waals surface area contributed by atoms with E-state index in [9.17, 15) is 14.4 Å². The van der Waals surface area contributed by atoms with Crippen molar-refractivity contribution in [2.45, 2.75) is 160 Å². The fraction of sp³-hybridized carbons (Fsp3) is 0.711. The zero-order chi connectivity index (χ0) is 36.7. The second kappa shape index (κ2) is 20.4. The van der Waals surface area contributed by atoms with Crippen molar-refractivity contribution in [3.8, 4) is 5.75 Å². The summed E-state index contributed by atoms with van der Waals surface area (Å²) < 4.78 is 17.9. The van der Waals surface area contributed by atoms with Gasteiger partial charge in [-0.15, -0.1) is 0 Å². The molecule has 11 heteroatoms. The molecule has 3 atom stereocenters. The first-order valence-corrected chi connectivity index (χ1v) is 25.1. The van der Waals surface area contributed by atoms with Gasteiger partial charge in [-0.25, -0.2) is 0 Å². The van der Waals surface area contributed by atoms with Crippen molar-refractivity contribution in [2.75, 3.05) is 13.4 Å². The molecule has 2 unspecified atom stereocenters. The fourth-order valence-corrected chi connectivity index (χ4v) is 7.56. The first kappa shape index (κ1) is 42.7. The van der Waals surface area contributed by atoms with E-state index in [1.165, 1.54) is 11.3 Å². The monoisotopic (exact) mass is 717 g/mol. The molecule has 1 aromatic carbocycles. The largest absolute Gasteiger partial charge is 0.467 e. The quantitative estimate of drug-likeness (QED) is 0.0667. The van der Waals surface area contributed by atoms with Gasteiger partial charge in [-0.2, -0.15) is 0 Å². The lowest BCUT2D eigenvalue weighted by Crippen LogP contribution is -2.48. The summed E-state index contributed by atoms with van der Waals surface area (Å²) in [5.74, 6) is -0.351. The van der Waals surface area contributed by atoms with Crippen LogP contribution in [0.4, 0.5) is 0 Å². The van der Waals surface area contributed by atoms with Crippen molar-refractivity contribution in [1.82, 2.24) is 10.2 Å². The van der Waals surface area contributed by atoms with Gasteiger partial charge in [-0.05, 0) is 62.0 Å². The van der Waals surface area contributed by atoms with E-state index in [2.05, 4.69) is 65.7 Å². The third-order valence-electron chi connectivity index (χ3n) is 9.74. The molecule has 3 N–H and O–H groups in total. The van der Waals surface area contributed by atoms with Gasteiger partial charge in [-0.3, -0.25) is 14.4 Å². The van der Waals surface area contributed by atoms with Crippen LogP contribution in [0.25, 0.3) is 0 Å². The first-order chi connectivity index (χ1) is 23.0. The van der Waals surface area contributed by atoms with Gasteiger partial charge in [-0.1, -0.05) is 110 Å². The lowest BCUT2D eigenvalue weighted by atomic mass is 9.99. The van der Waals surface area contributed by atoms with E-state index in [1.54, 1.807) is 24.4 Å². The Morgan fingerprint density at radius 3 is 2.20 bits per heavy atom. The summed E-state index contributed by atoms with van der Waals surface area (Å²) >= 11 is 0. The molecule has 0 spiro atoms. The van der Waals surface area contributed by atoms with E-state index in [1.807, 2.05) is 12.1 Å². The van der Waals surface area contributed by atoms with Crippen LogP contribution < -0.4 is 15.8 Å². The minimum atomic E-state index is -2.12. The Kier molecular flexibility index (Phi) is 17.8. The topological polar surface area (TPSA) is 120 Å². The molecule has 0 radical (unpaired) electrons. The van der Waals surface area contributed by atoms with Gasteiger partial charge in [0.05, 0.1) is 5.56 Å². The number of hydrogen-bond acceptors (Lipinski definition) is 6. The number of rotatable bonds is 23. The summed E-state index contributed by atoms with van der Waals surface area (Å²) in [5.41, 5.74) is 6.14. The molecule has 1 heterocycles. The van der Waals surface area contributed by atoms with Crippen molar-refractivity contribution in [1.29, 1.82) is 0 Å². The Morgan fingerprint density at radius 1 is 0.959 bits per heavy atom. The molecule has 0 aliphatic carbocycles. The molecule has 1 aliphatic heterocycles. The van der Waals surface area contributed by atoms with Crippen LogP contribution in [-0.4, -0.2) is 70.6 Å².